The molecule has 2 aliphatic heterocycles. The van der Waals surface area contributed by atoms with E-state index < -0.39 is 18.2 Å². The molecule has 14 nitrogen and oxygen atoms in total. The topological polar surface area (TPSA) is 167 Å². The second-order valence-corrected chi connectivity index (χ2v) is 14.5. The van der Waals surface area contributed by atoms with Gasteiger partial charge in [-0.15, -0.1) is 0 Å². The number of likely N-dealkylation sites (tertiary alicyclic amines) is 2. The normalized spacial score (nSPS) is 17.2. The van der Waals surface area contributed by atoms with Crippen LogP contribution in [-0.4, -0.2) is 93.4 Å². The minimum Gasteiger partial charge on any atom is -0.453 e. The molecule has 2 aromatic carbocycles. The van der Waals surface area contributed by atoms with Crippen molar-refractivity contribution in [2.45, 2.75) is 85.0 Å². The van der Waals surface area contributed by atoms with Crippen molar-refractivity contribution < 1.29 is 28.9 Å². The Balaban J connectivity index is 0.00000348. The number of ether oxygens (including phenoxy) is 1. The number of benzene rings is 2. The average Bonchev–Trinajstić information content (AvgIpc) is 4.00. The number of H-pyrrole nitrogens is 2. The lowest BCUT2D eigenvalue weighted by Gasteiger charge is -2.29. The highest BCUT2D eigenvalue weighted by molar-refractivity contribution is 7.59. The zero-order valence-corrected chi connectivity index (χ0v) is 37.7. The van der Waals surface area contributed by atoms with Crippen LogP contribution in [0.5, 0.6) is 0 Å². The number of rotatable bonds is 13. The summed E-state index contributed by atoms with van der Waals surface area (Å²) in [5, 5.41) is 2.70. The third-order valence-corrected chi connectivity index (χ3v) is 10.1. The van der Waals surface area contributed by atoms with Crippen LogP contribution in [0.4, 0.5) is 4.79 Å². The summed E-state index contributed by atoms with van der Waals surface area (Å²) in [6, 6.07) is 12.7. The maximum atomic E-state index is 13.6. The smallest absolute Gasteiger partial charge is 0.407 e. The van der Waals surface area contributed by atoms with Gasteiger partial charge in [-0.3, -0.25) is 9.59 Å². The summed E-state index contributed by atoms with van der Waals surface area (Å²) in [4.78, 5) is 72.8. The Morgan fingerprint density at radius 1 is 0.831 bits per heavy atom. The molecule has 3 N–H and O–H groups in total. The molecule has 2 aromatic heterocycles. The molecule has 0 aliphatic carbocycles. The quantitative estimate of drug-likeness (QED) is 0.0407. The van der Waals surface area contributed by atoms with Crippen molar-refractivity contribution in [2.75, 3.05) is 27.3 Å². The average molecular weight is 891 g/mol. The van der Waals surface area contributed by atoms with Gasteiger partial charge in [-0.1, -0.05) is 77.6 Å². The number of imidazole rings is 2. The fourth-order valence-electron chi connectivity index (χ4n) is 7.26. The molecule has 0 bridgehead atoms. The monoisotopic (exact) mass is 890 g/mol. The minimum atomic E-state index is -0.683. The second kappa shape index (κ2) is 24.2. The molecule has 18 heteroatoms. The first-order valence-electron chi connectivity index (χ1n) is 18.6. The summed E-state index contributed by atoms with van der Waals surface area (Å²) in [6.07, 6.45) is 9.86. The van der Waals surface area contributed by atoms with Crippen LogP contribution >= 0.6 is 54.0 Å². The number of nitrogens with zero attached hydrogens (tertiary/aromatic N) is 5. The molecule has 6 rings (SSSR count). The molecule has 4 heterocycles. The molecule has 3 amide bonds. The number of carbonyl (C=O) groups is 3. The van der Waals surface area contributed by atoms with Crippen LogP contribution in [0.15, 0.2) is 53.7 Å². The number of alkyl carbamates (subject to hydrolysis) is 1. The van der Waals surface area contributed by atoms with Crippen molar-refractivity contribution in [1.29, 1.82) is 0 Å². The molecule has 0 unspecified atom stereocenters. The highest BCUT2D eigenvalue weighted by Gasteiger charge is 2.38. The van der Waals surface area contributed by atoms with Gasteiger partial charge < -0.3 is 34.7 Å². The lowest BCUT2D eigenvalue weighted by Crippen LogP contribution is -2.51. The van der Waals surface area contributed by atoms with E-state index in [4.69, 9.17) is 14.6 Å². The molecule has 4 atom stereocenters. The van der Waals surface area contributed by atoms with E-state index in [1.807, 2.05) is 55.8 Å². The first kappa shape index (κ1) is 52.9. The Kier molecular flexibility index (Phi) is 21.7. The Bertz CT molecular complexity index is 2000. The highest BCUT2D eigenvalue weighted by Crippen LogP contribution is 2.34. The summed E-state index contributed by atoms with van der Waals surface area (Å²) < 4.78 is 4.76. The van der Waals surface area contributed by atoms with Gasteiger partial charge in [-0.05, 0) is 66.3 Å². The third-order valence-electron chi connectivity index (χ3n) is 10.1. The van der Waals surface area contributed by atoms with Gasteiger partial charge in [-0.2, -0.15) is 58.9 Å². The zero-order valence-electron chi connectivity index (χ0n) is 33.7. The van der Waals surface area contributed by atoms with E-state index in [0.717, 1.165) is 70.7 Å². The number of aromatic amines is 2. The summed E-state index contributed by atoms with van der Waals surface area (Å²) in [5.74, 6) is 1.21. The van der Waals surface area contributed by atoms with Crippen LogP contribution < -0.4 is 5.32 Å². The summed E-state index contributed by atoms with van der Waals surface area (Å²) in [5.41, 5.74) is 5.64. The van der Waals surface area contributed by atoms with Crippen molar-refractivity contribution in [3.8, 4) is 11.3 Å². The maximum absolute atomic E-state index is 13.6. The highest BCUT2D eigenvalue weighted by atomic mass is 32.1. The van der Waals surface area contributed by atoms with E-state index in [1.54, 1.807) is 0 Å². The molecule has 4 aromatic rings. The van der Waals surface area contributed by atoms with E-state index in [-0.39, 0.29) is 97.1 Å². The molecular formula is C41H62N8O6S4. The number of aliphatic imine (C=N–C) groups is 1. The number of fused-ring (bicyclic) bond motifs is 1. The van der Waals surface area contributed by atoms with Crippen molar-refractivity contribution in [3.05, 3.63) is 71.4 Å². The molecule has 0 radical (unpaired) electrons. The number of hydrogen-bond acceptors (Lipinski definition) is 9. The Labute approximate surface area is 375 Å². The fraction of sp³-hybridized carbons (Fsp3) is 0.463. The standard InChI is InChI=1S/C40H50N8O6.CH4.4H2S/c1-24(2)34(42-23-54-53-6)38(49)47-19-7-9-32(47)36-41-22-31(45-36)28-16-13-26(14-17-28)11-12-27-15-18-29-30(21-27)44-37(43-29)33-10-8-20-48(33)39(50)35(25(3)4)46-40(51)52-5;;;;;/h11-18,21-25,32-35H,7-10,19-20H2,1-6H3,(H,41,45)(H,43,44)(H,46,51);1H4;4*1H2/b12-11+,42-23?;;;;;/t32-,33-,34-,35-;;;;;/m0...../s1. The van der Waals surface area contributed by atoms with Crippen molar-refractivity contribution >= 4 is 101 Å². The molecule has 326 valence electrons. The van der Waals surface area contributed by atoms with Crippen molar-refractivity contribution in [2.24, 2.45) is 16.8 Å². The molecule has 2 aliphatic rings. The molecule has 2 fully saturated rings. The first-order chi connectivity index (χ1) is 26.1. The Morgan fingerprint density at radius 2 is 1.44 bits per heavy atom. The molecule has 2 saturated heterocycles. The number of aromatic nitrogens is 4. The molecular weight excluding hydrogens is 829 g/mol. The summed E-state index contributed by atoms with van der Waals surface area (Å²) >= 11 is 0. The van der Waals surface area contributed by atoms with Crippen molar-refractivity contribution in [3.63, 3.8) is 0 Å². The zero-order chi connectivity index (χ0) is 38.4. The van der Waals surface area contributed by atoms with Gasteiger partial charge in [0.2, 0.25) is 18.2 Å². The van der Waals surface area contributed by atoms with Gasteiger partial charge in [0.05, 0.1) is 49.2 Å². The Morgan fingerprint density at radius 3 is 2.05 bits per heavy atom. The van der Waals surface area contributed by atoms with Crippen LogP contribution in [0.1, 0.15) is 95.7 Å². The fourth-order valence-corrected chi connectivity index (χ4v) is 7.26. The van der Waals surface area contributed by atoms with E-state index >= 15 is 0 Å². The van der Waals surface area contributed by atoms with E-state index in [0.29, 0.717) is 13.1 Å². The molecule has 0 saturated carbocycles. The lowest BCUT2D eigenvalue weighted by molar-refractivity contribution is -0.188. The number of carbonyl (C=O) groups excluding carboxylic acids is 3. The molecule has 59 heavy (non-hydrogen) atoms. The van der Waals surface area contributed by atoms with E-state index in [9.17, 15) is 14.4 Å². The van der Waals surface area contributed by atoms with Crippen LogP contribution in [0.3, 0.4) is 0 Å². The van der Waals surface area contributed by atoms with Gasteiger partial charge >= 0.3 is 6.09 Å². The van der Waals surface area contributed by atoms with E-state index in [2.05, 4.69) is 72.6 Å². The minimum absolute atomic E-state index is 0. The Hall–Kier alpha value is -4.10. The van der Waals surface area contributed by atoms with Crippen LogP contribution in [0.25, 0.3) is 34.4 Å². The summed E-state index contributed by atoms with van der Waals surface area (Å²) in [6.45, 7) is 8.98. The van der Waals surface area contributed by atoms with Crippen LogP contribution in [0, 0.1) is 11.8 Å². The van der Waals surface area contributed by atoms with Crippen molar-refractivity contribution in [1.82, 2.24) is 35.1 Å². The van der Waals surface area contributed by atoms with Gasteiger partial charge in [0, 0.05) is 13.1 Å². The second-order valence-electron chi connectivity index (χ2n) is 14.5. The number of nitrogens with one attached hydrogen (secondary N) is 3. The number of amides is 3. The largest absolute Gasteiger partial charge is 0.453 e. The van der Waals surface area contributed by atoms with E-state index in [1.165, 1.54) is 20.6 Å². The number of hydrogen-bond donors (Lipinski definition) is 3. The first-order valence-corrected chi connectivity index (χ1v) is 18.6. The lowest BCUT2D eigenvalue weighted by atomic mass is 10.0. The summed E-state index contributed by atoms with van der Waals surface area (Å²) in [7, 11) is 2.68. The van der Waals surface area contributed by atoms with Crippen LogP contribution in [0.2, 0.25) is 0 Å². The van der Waals surface area contributed by atoms with Gasteiger partial charge in [0.1, 0.15) is 23.7 Å². The van der Waals surface area contributed by atoms with Gasteiger partial charge in [0.25, 0.3) is 0 Å². The van der Waals surface area contributed by atoms with Gasteiger partial charge in [0.15, 0.2) is 0 Å². The third kappa shape index (κ3) is 12.5. The molecule has 0 spiro atoms. The number of methoxy groups -OCH3 is 1. The SMILES string of the molecule is C.COOC=N[C@H](C(=O)N1CCC[C@H]1c1ncc(-c2ccc(/C=C/c3ccc4nc([C@@H]5CCCN5C(=O)[C@@H](NC(=O)OC)C(C)C)[nH]c4c3)cc2)[nH]1)C(C)C.S.S.S.S. The maximum Gasteiger partial charge on any atom is 0.407 e. The predicted molar refractivity (Wildman–Crippen MR) is 254 cm³/mol. The van der Waals surface area contributed by atoms with Gasteiger partial charge in [-0.25, -0.2) is 19.8 Å². The van der Waals surface area contributed by atoms with Crippen LogP contribution in [-0.2, 0) is 24.1 Å². The predicted octanol–water partition coefficient (Wildman–Crippen LogP) is 7.55.